The molecule has 88 valence electrons. The van der Waals surface area contributed by atoms with Crippen LogP contribution in [-0.2, 0) is 0 Å². The first-order valence-electron chi connectivity index (χ1n) is 5.21. The Morgan fingerprint density at radius 1 is 1.19 bits per heavy atom. The van der Waals surface area contributed by atoms with Crippen LogP contribution in [0.25, 0.3) is 0 Å². The topological polar surface area (TPSA) is 37.8 Å². The van der Waals surface area contributed by atoms with Crippen molar-refractivity contribution in [3.8, 4) is 0 Å². The smallest absolute Gasteiger partial charge is 0.224 e. The van der Waals surface area contributed by atoms with Crippen molar-refractivity contribution in [3.63, 3.8) is 0 Å². The summed E-state index contributed by atoms with van der Waals surface area (Å²) in [5, 5.41) is 4.05. The first kappa shape index (κ1) is 11.9. The largest absolute Gasteiger partial charge is 0.365 e. The maximum absolute atomic E-state index is 6.01. The molecule has 1 fully saturated rings. The average Bonchev–Trinajstić information content (AvgIpc) is 2.54. The fourth-order valence-corrected chi connectivity index (χ4v) is 2.42. The molecule has 1 heterocycles. The molecule has 0 amide bonds. The van der Waals surface area contributed by atoms with Crippen molar-refractivity contribution in [3.05, 3.63) is 16.5 Å². The van der Waals surface area contributed by atoms with Crippen LogP contribution in [0.5, 0.6) is 0 Å². The molecule has 5 heteroatoms. The minimum absolute atomic E-state index is 0.211. The van der Waals surface area contributed by atoms with Crippen LogP contribution in [0.2, 0.25) is 10.3 Å². The van der Waals surface area contributed by atoms with Crippen molar-refractivity contribution < 1.29 is 0 Å². The zero-order valence-electron chi connectivity index (χ0n) is 9.81. The summed E-state index contributed by atoms with van der Waals surface area (Å²) in [4.78, 5) is 7.92. The zero-order chi connectivity index (χ0) is 12.1. The third-order valence-electron chi connectivity index (χ3n) is 4.02. The van der Waals surface area contributed by atoms with E-state index >= 15 is 0 Å². The lowest BCUT2D eigenvalue weighted by Gasteiger charge is -2.08. The van der Waals surface area contributed by atoms with Crippen molar-refractivity contribution in [1.82, 2.24) is 9.97 Å². The molecular formula is C11H15Cl2N3. The fourth-order valence-electron chi connectivity index (χ4n) is 2.14. The number of hydrogen-bond acceptors (Lipinski definition) is 3. The van der Waals surface area contributed by atoms with Gasteiger partial charge in [0.15, 0.2) is 0 Å². The average molecular weight is 260 g/mol. The SMILES string of the molecule is CC1(C)C(Nc2nc(Cl)ncc2Cl)C1(C)C. The molecule has 0 aromatic carbocycles. The monoisotopic (exact) mass is 259 g/mol. The van der Waals surface area contributed by atoms with Crippen molar-refractivity contribution in [2.45, 2.75) is 33.7 Å². The maximum Gasteiger partial charge on any atom is 0.224 e. The first-order valence-corrected chi connectivity index (χ1v) is 5.97. The molecule has 16 heavy (non-hydrogen) atoms. The van der Waals surface area contributed by atoms with Gasteiger partial charge in [-0.15, -0.1) is 0 Å². The molecule has 1 saturated carbocycles. The standard InChI is InChI=1S/C11H15Cl2N3/c1-10(2)8(11(10,3)4)15-7-6(12)5-14-9(13)16-7/h5,8H,1-4H3,(H,14,15,16). The lowest BCUT2D eigenvalue weighted by Crippen LogP contribution is -2.12. The number of halogens is 2. The third kappa shape index (κ3) is 1.66. The summed E-state index contributed by atoms with van der Waals surface area (Å²) in [5.41, 5.74) is 0.460. The lowest BCUT2D eigenvalue weighted by atomic mass is 10.0. The molecule has 1 aromatic heterocycles. The molecule has 0 atom stereocenters. The van der Waals surface area contributed by atoms with Gasteiger partial charge in [0, 0.05) is 6.04 Å². The Kier molecular flexibility index (Phi) is 2.59. The highest BCUT2D eigenvalue weighted by molar-refractivity contribution is 6.33. The molecule has 0 saturated heterocycles. The van der Waals surface area contributed by atoms with Crippen LogP contribution in [-0.4, -0.2) is 16.0 Å². The highest BCUT2D eigenvalue weighted by Gasteiger charge is 2.65. The first-order chi connectivity index (χ1) is 7.26. The molecule has 0 bridgehead atoms. The van der Waals surface area contributed by atoms with Gasteiger partial charge < -0.3 is 5.32 Å². The minimum Gasteiger partial charge on any atom is -0.365 e. The Morgan fingerprint density at radius 2 is 1.75 bits per heavy atom. The van der Waals surface area contributed by atoms with Gasteiger partial charge in [-0.1, -0.05) is 39.3 Å². The van der Waals surface area contributed by atoms with E-state index in [9.17, 15) is 0 Å². The summed E-state index contributed by atoms with van der Waals surface area (Å²) in [5.74, 6) is 0.616. The lowest BCUT2D eigenvalue weighted by molar-refractivity contribution is 0.457. The molecule has 1 N–H and O–H groups in total. The van der Waals surface area contributed by atoms with Gasteiger partial charge in [-0.05, 0) is 22.4 Å². The Hall–Kier alpha value is -0.540. The summed E-state index contributed by atoms with van der Waals surface area (Å²) < 4.78 is 0. The minimum atomic E-state index is 0.211. The van der Waals surface area contributed by atoms with Crippen LogP contribution in [0.1, 0.15) is 27.7 Å². The number of nitrogens with one attached hydrogen (secondary N) is 1. The van der Waals surface area contributed by atoms with E-state index in [1.807, 2.05) is 0 Å². The van der Waals surface area contributed by atoms with Crippen molar-refractivity contribution in [2.24, 2.45) is 10.8 Å². The summed E-state index contributed by atoms with van der Waals surface area (Å²) in [6.07, 6.45) is 1.52. The van der Waals surface area contributed by atoms with Gasteiger partial charge >= 0.3 is 0 Å². The van der Waals surface area contributed by atoms with Crippen molar-refractivity contribution in [1.29, 1.82) is 0 Å². The van der Waals surface area contributed by atoms with Gasteiger partial charge in [0.25, 0.3) is 0 Å². The molecule has 1 aromatic rings. The molecule has 3 nitrogen and oxygen atoms in total. The number of anilines is 1. The quantitative estimate of drug-likeness (QED) is 0.825. The Morgan fingerprint density at radius 3 is 2.25 bits per heavy atom. The van der Waals surface area contributed by atoms with E-state index in [4.69, 9.17) is 23.2 Å². The van der Waals surface area contributed by atoms with Gasteiger partial charge in [0.05, 0.1) is 6.20 Å². The van der Waals surface area contributed by atoms with E-state index in [0.29, 0.717) is 16.9 Å². The summed E-state index contributed by atoms with van der Waals surface area (Å²) >= 11 is 11.8. The van der Waals surface area contributed by atoms with E-state index < -0.39 is 0 Å². The van der Waals surface area contributed by atoms with Crippen LogP contribution in [0.3, 0.4) is 0 Å². The van der Waals surface area contributed by atoms with E-state index in [1.165, 1.54) is 6.20 Å². The zero-order valence-corrected chi connectivity index (χ0v) is 11.3. The number of rotatable bonds is 2. The van der Waals surface area contributed by atoms with Gasteiger partial charge in [-0.2, -0.15) is 4.98 Å². The summed E-state index contributed by atoms with van der Waals surface area (Å²) in [6, 6.07) is 0.350. The van der Waals surface area contributed by atoms with Gasteiger partial charge in [0.1, 0.15) is 10.8 Å². The predicted octanol–water partition coefficient (Wildman–Crippen LogP) is 3.63. The van der Waals surface area contributed by atoms with E-state index in [2.05, 4.69) is 43.0 Å². The Labute approximate surface area is 106 Å². The van der Waals surface area contributed by atoms with Gasteiger partial charge in [0.2, 0.25) is 5.28 Å². The molecular weight excluding hydrogens is 245 g/mol. The summed E-state index contributed by atoms with van der Waals surface area (Å²) in [6.45, 7) is 8.89. The van der Waals surface area contributed by atoms with Crippen molar-refractivity contribution >= 4 is 29.0 Å². The second-order valence-electron chi connectivity index (χ2n) is 5.36. The molecule has 2 rings (SSSR count). The normalized spacial score (nSPS) is 21.9. The highest BCUT2D eigenvalue weighted by Crippen LogP contribution is 2.63. The Bertz CT molecular complexity index is 415. The second-order valence-corrected chi connectivity index (χ2v) is 6.10. The predicted molar refractivity (Wildman–Crippen MR) is 67.0 cm³/mol. The van der Waals surface area contributed by atoms with E-state index in [0.717, 1.165) is 0 Å². The molecule has 1 aliphatic rings. The fraction of sp³-hybridized carbons (Fsp3) is 0.636. The van der Waals surface area contributed by atoms with Gasteiger partial charge in [-0.25, -0.2) is 4.98 Å². The highest BCUT2D eigenvalue weighted by atomic mass is 35.5. The summed E-state index contributed by atoms with van der Waals surface area (Å²) in [7, 11) is 0. The third-order valence-corrected chi connectivity index (χ3v) is 4.48. The molecule has 0 unspecified atom stereocenters. The van der Waals surface area contributed by atoms with Crippen LogP contribution >= 0.6 is 23.2 Å². The van der Waals surface area contributed by atoms with Crippen LogP contribution in [0.15, 0.2) is 6.20 Å². The van der Waals surface area contributed by atoms with Gasteiger partial charge in [-0.3, -0.25) is 0 Å². The molecule has 1 aliphatic carbocycles. The maximum atomic E-state index is 6.01. The molecule has 0 radical (unpaired) electrons. The van der Waals surface area contributed by atoms with Crippen LogP contribution < -0.4 is 5.32 Å². The molecule has 0 spiro atoms. The second kappa shape index (κ2) is 3.47. The number of nitrogens with zero attached hydrogens (tertiary/aromatic N) is 2. The van der Waals surface area contributed by atoms with Crippen LogP contribution in [0.4, 0.5) is 5.82 Å². The van der Waals surface area contributed by atoms with E-state index in [-0.39, 0.29) is 16.1 Å². The molecule has 0 aliphatic heterocycles. The van der Waals surface area contributed by atoms with Crippen LogP contribution in [0, 0.1) is 10.8 Å². The van der Waals surface area contributed by atoms with Crippen molar-refractivity contribution in [2.75, 3.05) is 5.32 Å². The number of hydrogen-bond donors (Lipinski definition) is 1. The Balaban J connectivity index is 2.21. The van der Waals surface area contributed by atoms with E-state index in [1.54, 1.807) is 0 Å². The number of aromatic nitrogens is 2.